The SMILES string of the molecule is Cc1cc(C)c(C(=O)C(C)OC(=O)c2cc(=O)[nH]c3ccccc23)cc1C. The zero-order valence-electron chi connectivity index (χ0n) is 15.8. The number of esters is 1. The molecule has 1 N–H and O–H groups in total. The summed E-state index contributed by atoms with van der Waals surface area (Å²) < 4.78 is 5.40. The molecule has 2 aromatic carbocycles. The molecular formula is C22H21NO4. The summed E-state index contributed by atoms with van der Waals surface area (Å²) in [5, 5.41) is 0.573. The van der Waals surface area contributed by atoms with E-state index < -0.39 is 17.6 Å². The number of H-pyrrole nitrogens is 1. The van der Waals surface area contributed by atoms with Crippen molar-refractivity contribution in [3.63, 3.8) is 0 Å². The van der Waals surface area contributed by atoms with Crippen LogP contribution in [-0.4, -0.2) is 22.8 Å². The number of aromatic nitrogens is 1. The number of ketones is 1. The van der Waals surface area contributed by atoms with Gasteiger partial charge in [0.2, 0.25) is 11.3 Å². The van der Waals surface area contributed by atoms with Crippen LogP contribution in [-0.2, 0) is 4.74 Å². The second kappa shape index (κ2) is 7.19. The Morgan fingerprint density at radius 3 is 2.33 bits per heavy atom. The van der Waals surface area contributed by atoms with Crippen molar-refractivity contribution in [2.24, 2.45) is 0 Å². The second-order valence-electron chi connectivity index (χ2n) is 6.76. The van der Waals surface area contributed by atoms with Gasteiger partial charge in [0.1, 0.15) is 0 Å². The number of aromatic amines is 1. The lowest BCUT2D eigenvalue weighted by Gasteiger charge is -2.15. The van der Waals surface area contributed by atoms with E-state index in [1.54, 1.807) is 31.2 Å². The number of nitrogens with one attached hydrogen (secondary N) is 1. The highest BCUT2D eigenvalue weighted by molar-refractivity contribution is 6.06. The van der Waals surface area contributed by atoms with E-state index in [0.29, 0.717) is 16.5 Å². The average molecular weight is 363 g/mol. The molecule has 0 saturated heterocycles. The number of para-hydroxylation sites is 1. The van der Waals surface area contributed by atoms with E-state index in [9.17, 15) is 14.4 Å². The van der Waals surface area contributed by atoms with Gasteiger partial charge in [-0.25, -0.2) is 4.79 Å². The number of ether oxygens (including phenoxy) is 1. The highest BCUT2D eigenvalue weighted by atomic mass is 16.5. The van der Waals surface area contributed by atoms with Crippen LogP contribution in [0.25, 0.3) is 10.9 Å². The molecule has 0 fully saturated rings. The summed E-state index contributed by atoms with van der Waals surface area (Å²) in [7, 11) is 0. The molecule has 1 heterocycles. The van der Waals surface area contributed by atoms with Crippen LogP contribution in [0.4, 0.5) is 0 Å². The number of aryl methyl sites for hydroxylation is 3. The molecule has 5 nitrogen and oxygen atoms in total. The van der Waals surface area contributed by atoms with Gasteiger partial charge in [0.15, 0.2) is 6.10 Å². The van der Waals surface area contributed by atoms with Crippen molar-refractivity contribution in [3.05, 3.63) is 80.6 Å². The minimum Gasteiger partial charge on any atom is -0.451 e. The lowest BCUT2D eigenvalue weighted by Crippen LogP contribution is -2.26. The van der Waals surface area contributed by atoms with E-state index in [2.05, 4.69) is 4.98 Å². The third-order valence-electron chi connectivity index (χ3n) is 4.73. The number of rotatable bonds is 4. The Hall–Kier alpha value is -3.21. The Morgan fingerprint density at radius 2 is 1.59 bits per heavy atom. The van der Waals surface area contributed by atoms with Crippen molar-refractivity contribution in [1.29, 1.82) is 0 Å². The quantitative estimate of drug-likeness (QED) is 0.564. The topological polar surface area (TPSA) is 76.2 Å². The number of benzene rings is 2. The predicted octanol–water partition coefficient (Wildman–Crippen LogP) is 3.88. The first-order chi connectivity index (χ1) is 12.8. The molecule has 1 unspecified atom stereocenters. The minimum absolute atomic E-state index is 0.144. The van der Waals surface area contributed by atoms with Gasteiger partial charge in [-0.1, -0.05) is 24.3 Å². The molecule has 1 aromatic heterocycles. The number of pyridine rings is 1. The maximum Gasteiger partial charge on any atom is 0.339 e. The summed E-state index contributed by atoms with van der Waals surface area (Å²) in [6, 6.07) is 11.9. The third kappa shape index (κ3) is 3.67. The average Bonchev–Trinajstić information content (AvgIpc) is 2.63. The zero-order chi connectivity index (χ0) is 19.7. The lowest BCUT2D eigenvalue weighted by atomic mass is 9.96. The third-order valence-corrected chi connectivity index (χ3v) is 4.73. The minimum atomic E-state index is -0.962. The highest BCUT2D eigenvalue weighted by Gasteiger charge is 2.23. The van der Waals surface area contributed by atoms with Crippen LogP contribution < -0.4 is 5.56 Å². The first kappa shape index (κ1) is 18.6. The van der Waals surface area contributed by atoms with Crippen LogP contribution in [0.5, 0.6) is 0 Å². The van der Waals surface area contributed by atoms with Gasteiger partial charge in [-0.3, -0.25) is 9.59 Å². The molecule has 0 spiro atoms. The molecule has 0 aliphatic rings. The first-order valence-electron chi connectivity index (χ1n) is 8.73. The Balaban J connectivity index is 1.90. The van der Waals surface area contributed by atoms with Gasteiger partial charge < -0.3 is 9.72 Å². The summed E-state index contributed by atoms with van der Waals surface area (Å²) in [5.41, 5.74) is 3.77. The predicted molar refractivity (Wildman–Crippen MR) is 104 cm³/mol. The number of carbonyl (C=O) groups is 2. The van der Waals surface area contributed by atoms with Gasteiger partial charge in [0, 0.05) is 22.5 Å². The van der Waals surface area contributed by atoms with E-state index >= 15 is 0 Å². The second-order valence-corrected chi connectivity index (χ2v) is 6.76. The molecule has 0 aliphatic heterocycles. The van der Waals surface area contributed by atoms with Gasteiger partial charge in [-0.05, 0) is 56.5 Å². The Labute approximate surface area is 157 Å². The monoisotopic (exact) mass is 363 g/mol. The molecule has 5 heteroatoms. The maximum absolute atomic E-state index is 12.8. The van der Waals surface area contributed by atoms with E-state index in [0.717, 1.165) is 16.7 Å². The standard InChI is InChI=1S/C22H21NO4/c1-12-9-14(3)17(10-13(12)2)21(25)15(4)27-22(26)18-11-20(24)23-19-8-6-5-7-16(18)19/h5-11,15H,1-4H3,(H,23,24). The van der Waals surface area contributed by atoms with Crippen LogP contribution in [0.3, 0.4) is 0 Å². The van der Waals surface area contributed by atoms with E-state index in [1.165, 1.54) is 6.07 Å². The van der Waals surface area contributed by atoms with Crippen LogP contribution in [0.2, 0.25) is 0 Å². The van der Waals surface area contributed by atoms with Gasteiger partial charge in [-0.15, -0.1) is 0 Å². The van der Waals surface area contributed by atoms with Crippen molar-refractivity contribution in [1.82, 2.24) is 4.98 Å². The van der Waals surface area contributed by atoms with Gasteiger partial charge in [0.05, 0.1) is 5.56 Å². The van der Waals surface area contributed by atoms with Crippen molar-refractivity contribution >= 4 is 22.7 Å². The Kier molecular flexibility index (Phi) is 4.95. The Bertz CT molecular complexity index is 1110. The molecule has 27 heavy (non-hydrogen) atoms. The summed E-state index contributed by atoms with van der Waals surface area (Å²) in [5.74, 6) is -0.960. The molecule has 1 atom stereocenters. The maximum atomic E-state index is 12.8. The van der Waals surface area contributed by atoms with Gasteiger partial charge in [0.25, 0.3) is 0 Å². The molecule has 0 radical (unpaired) electrons. The molecule has 0 aliphatic carbocycles. The van der Waals surface area contributed by atoms with Crippen LogP contribution >= 0.6 is 0 Å². The van der Waals surface area contributed by atoms with Crippen LogP contribution in [0.15, 0.2) is 47.3 Å². The van der Waals surface area contributed by atoms with E-state index in [4.69, 9.17) is 4.74 Å². The number of hydrogen-bond donors (Lipinski definition) is 1. The summed E-state index contributed by atoms with van der Waals surface area (Å²) >= 11 is 0. The molecule has 0 amide bonds. The van der Waals surface area contributed by atoms with Crippen molar-refractivity contribution in [3.8, 4) is 0 Å². The normalized spacial score (nSPS) is 12.0. The Morgan fingerprint density at radius 1 is 0.926 bits per heavy atom. The largest absolute Gasteiger partial charge is 0.451 e. The highest BCUT2D eigenvalue weighted by Crippen LogP contribution is 2.20. The molecule has 0 bridgehead atoms. The number of Topliss-reactive ketones (excluding diaryl/α,β-unsaturated/α-hetero) is 1. The molecule has 138 valence electrons. The molecule has 0 saturated carbocycles. The zero-order valence-corrected chi connectivity index (χ0v) is 15.8. The van der Waals surface area contributed by atoms with Crippen LogP contribution in [0.1, 0.15) is 44.3 Å². The summed E-state index contributed by atoms with van der Waals surface area (Å²) in [6.07, 6.45) is -0.962. The van der Waals surface area contributed by atoms with Gasteiger partial charge in [-0.2, -0.15) is 0 Å². The molecular weight excluding hydrogens is 342 g/mol. The van der Waals surface area contributed by atoms with Crippen molar-refractivity contribution in [2.75, 3.05) is 0 Å². The van der Waals surface area contributed by atoms with Gasteiger partial charge >= 0.3 is 5.97 Å². The number of hydrogen-bond acceptors (Lipinski definition) is 4. The fourth-order valence-electron chi connectivity index (χ4n) is 3.10. The summed E-state index contributed by atoms with van der Waals surface area (Å²) in [6.45, 7) is 7.32. The van der Waals surface area contributed by atoms with Crippen LogP contribution in [0, 0.1) is 20.8 Å². The molecule has 3 rings (SSSR count). The van der Waals surface area contributed by atoms with Crippen molar-refractivity contribution < 1.29 is 14.3 Å². The molecule has 3 aromatic rings. The lowest BCUT2D eigenvalue weighted by molar-refractivity contribution is 0.0320. The smallest absolute Gasteiger partial charge is 0.339 e. The first-order valence-corrected chi connectivity index (χ1v) is 8.73. The van der Waals surface area contributed by atoms with E-state index in [1.807, 2.05) is 32.9 Å². The van der Waals surface area contributed by atoms with Crippen molar-refractivity contribution in [2.45, 2.75) is 33.8 Å². The van der Waals surface area contributed by atoms with E-state index in [-0.39, 0.29) is 11.3 Å². The fraction of sp³-hybridized carbons (Fsp3) is 0.227. The number of carbonyl (C=O) groups excluding carboxylic acids is 2. The fourth-order valence-corrected chi connectivity index (χ4v) is 3.10. The summed E-state index contributed by atoms with van der Waals surface area (Å²) in [4.78, 5) is 39.9. The number of fused-ring (bicyclic) bond motifs is 1.